The maximum absolute atomic E-state index is 12.6. The number of hydrogen-bond donors (Lipinski definition) is 2. The molecule has 0 spiro atoms. The predicted octanol–water partition coefficient (Wildman–Crippen LogP) is 2.06. The van der Waals surface area contributed by atoms with Crippen molar-refractivity contribution in [2.75, 3.05) is 0 Å². The zero-order chi connectivity index (χ0) is 20.2. The van der Waals surface area contributed by atoms with Crippen molar-refractivity contribution in [3.8, 4) is 0 Å². The lowest BCUT2D eigenvalue weighted by Gasteiger charge is -2.31. The van der Waals surface area contributed by atoms with Crippen LogP contribution in [-0.4, -0.2) is 45.6 Å². The van der Waals surface area contributed by atoms with E-state index in [1.165, 1.54) is 26.0 Å². The molecule has 0 saturated carbocycles. The minimum Gasteiger partial charge on any atom is -0.458 e. The van der Waals surface area contributed by atoms with E-state index in [1.807, 2.05) is 0 Å². The number of Topliss-reactive ketones (excluding diaryl/α,β-unsaturated/α-hetero) is 1. The van der Waals surface area contributed by atoms with Crippen LogP contribution in [0.25, 0.3) is 0 Å². The van der Waals surface area contributed by atoms with Crippen LogP contribution in [0.2, 0.25) is 0 Å². The van der Waals surface area contributed by atoms with Gasteiger partial charge in [0.25, 0.3) is 0 Å². The molecule has 0 aromatic heterocycles. The topological polar surface area (TPSA) is 101 Å². The molecule has 0 saturated heterocycles. The molecule has 1 aliphatic heterocycles. The molecule has 2 N–H and O–H groups in total. The van der Waals surface area contributed by atoms with Gasteiger partial charge in [-0.3, -0.25) is 14.4 Å². The normalized spacial score (nSPS) is 42.1. The van der Waals surface area contributed by atoms with Gasteiger partial charge in [-0.05, 0) is 44.8 Å². The second-order valence-electron chi connectivity index (χ2n) is 7.81. The van der Waals surface area contributed by atoms with Crippen LogP contribution in [0.5, 0.6) is 0 Å². The number of ketones is 2. The zero-order valence-corrected chi connectivity index (χ0v) is 16.6. The van der Waals surface area contributed by atoms with Crippen LogP contribution >= 0.6 is 0 Å². The van der Waals surface area contributed by atoms with Crippen molar-refractivity contribution in [3.63, 3.8) is 0 Å². The van der Waals surface area contributed by atoms with Gasteiger partial charge in [-0.2, -0.15) is 0 Å². The molecule has 26 heavy (non-hydrogen) atoms. The predicted molar refractivity (Wildman–Crippen MR) is 97.2 cm³/mol. The highest BCUT2D eigenvalue weighted by Crippen LogP contribution is 2.26. The highest BCUT2D eigenvalue weighted by atomic mass is 16.6. The number of aliphatic hydroxyl groups excluding tert-OH is 1. The fourth-order valence-corrected chi connectivity index (χ4v) is 3.37. The van der Waals surface area contributed by atoms with Crippen molar-refractivity contribution >= 4 is 17.5 Å². The van der Waals surface area contributed by atoms with Crippen LogP contribution in [-0.2, 0) is 19.1 Å². The first kappa shape index (κ1) is 22.5. The molecule has 0 fully saturated rings. The molecule has 1 rings (SSSR count). The summed E-state index contributed by atoms with van der Waals surface area (Å²) in [5.41, 5.74) is -1.52. The number of ether oxygens (including phenoxy) is 1. The molecule has 0 radical (unpaired) electrons. The fraction of sp³-hybridized carbons (Fsp3) is 0.750. The van der Waals surface area contributed by atoms with Crippen molar-refractivity contribution < 1.29 is 29.3 Å². The van der Waals surface area contributed by atoms with Gasteiger partial charge in [0, 0.05) is 11.8 Å². The third kappa shape index (κ3) is 5.24. The van der Waals surface area contributed by atoms with Crippen LogP contribution in [0, 0.1) is 23.7 Å². The van der Waals surface area contributed by atoms with E-state index < -0.39 is 41.4 Å². The van der Waals surface area contributed by atoms with E-state index in [0.29, 0.717) is 12.8 Å². The summed E-state index contributed by atoms with van der Waals surface area (Å²) in [6, 6.07) is 0. The van der Waals surface area contributed by atoms with Gasteiger partial charge in [0.05, 0.1) is 6.10 Å². The van der Waals surface area contributed by atoms with Gasteiger partial charge in [0.1, 0.15) is 17.6 Å². The zero-order valence-electron chi connectivity index (χ0n) is 16.6. The number of rotatable bonds is 1. The van der Waals surface area contributed by atoms with E-state index in [-0.39, 0.29) is 17.6 Å². The Hall–Kier alpha value is -1.53. The molecule has 1 aliphatic rings. The van der Waals surface area contributed by atoms with Crippen molar-refractivity contribution in [3.05, 3.63) is 12.2 Å². The molecular formula is C20H32O6. The molecule has 0 aromatic carbocycles. The summed E-state index contributed by atoms with van der Waals surface area (Å²) in [6.45, 7) is 9.78. The summed E-state index contributed by atoms with van der Waals surface area (Å²) in [5, 5.41) is 21.1. The molecular weight excluding hydrogens is 336 g/mol. The van der Waals surface area contributed by atoms with Crippen LogP contribution in [0.15, 0.2) is 12.2 Å². The largest absolute Gasteiger partial charge is 0.458 e. The van der Waals surface area contributed by atoms with Crippen molar-refractivity contribution in [1.29, 1.82) is 0 Å². The number of hydrogen-bond acceptors (Lipinski definition) is 6. The number of carbonyl (C=O) groups excluding carboxylic acids is 3. The lowest BCUT2D eigenvalue weighted by molar-refractivity contribution is -0.166. The van der Waals surface area contributed by atoms with Crippen molar-refractivity contribution in [2.45, 2.75) is 72.2 Å². The first-order valence-corrected chi connectivity index (χ1v) is 9.30. The molecule has 6 heteroatoms. The molecule has 6 nitrogen and oxygen atoms in total. The molecule has 0 unspecified atom stereocenters. The van der Waals surface area contributed by atoms with Crippen molar-refractivity contribution in [1.82, 2.24) is 0 Å². The molecule has 0 aromatic rings. The number of allylic oxidation sites excluding steroid dienone is 1. The molecule has 0 amide bonds. The van der Waals surface area contributed by atoms with E-state index in [4.69, 9.17) is 4.74 Å². The van der Waals surface area contributed by atoms with E-state index in [0.717, 1.165) is 0 Å². The lowest BCUT2D eigenvalue weighted by Crippen LogP contribution is -2.44. The Morgan fingerprint density at radius 1 is 1.19 bits per heavy atom. The second kappa shape index (κ2) is 8.91. The van der Waals surface area contributed by atoms with E-state index in [1.54, 1.807) is 27.7 Å². The average molecular weight is 368 g/mol. The van der Waals surface area contributed by atoms with Gasteiger partial charge < -0.3 is 14.9 Å². The molecule has 7 atom stereocenters. The maximum atomic E-state index is 12.6. The van der Waals surface area contributed by atoms with Crippen molar-refractivity contribution in [2.24, 2.45) is 23.7 Å². The fourth-order valence-electron chi connectivity index (χ4n) is 3.37. The van der Waals surface area contributed by atoms with Crippen LogP contribution in [0.4, 0.5) is 0 Å². The van der Waals surface area contributed by atoms with Gasteiger partial charge in [0.2, 0.25) is 0 Å². The summed E-state index contributed by atoms with van der Waals surface area (Å²) in [4.78, 5) is 37.3. The number of esters is 1. The standard InChI is InChI=1S/C20H32O6/c1-7-16-20(6,25)9-8-15(21)11(2)10-12(3)17(22)13(4)18(23)14(5)19(24)26-16/h8-9,11-14,16-17,22,25H,7,10H2,1-6H3/b9-8-/t11-,12-,13+,14+,16+,17+,20+/m0/s1. The Kier molecular flexibility index (Phi) is 7.71. The summed E-state index contributed by atoms with van der Waals surface area (Å²) in [6.07, 6.45) is 1.54. The van der Waals surface area contributed by atoms with Crippen LogP contribution in [0.1, 0.15) is 54.4 Å². The maximum Gasteiger partial charge on any atom is 0.316 e. The molecule has 1 heterocycles. The summed E-state index contributed by atoms with van der Waals surface area (Å²) >= 11 is 0. The first-order valence-electron chi connectivity index (χ1n) is 9.30. The van der Waals surface area contributed by atoms with Gasteiger partial charge in [-0.15, -0.1) is 0 Å². The smallest absolute Gasteiger partial charge is 0.316 e. The summed E-state index contributed by atoms with van der Waals surface area (Å²) in [5.74, 6) is -3.78. The quantitative estimate of drug-likeness (QED) is 0.543. The van der Waals surface area contributed by atoms with E-state index in [2.05, 4.69) is 0 Å². The summed E-state index contributed by atoms with van der Waals surface area (Å²) in [7, 11) is 0. The van der Waals surface area contributed by atoms with Crippen LogP contribution in [0.3, 0.4) is 0 Å². The van der Waals surface area contributed by atoms with Crippen LogP contribution < -0.4 is 0 Å². The molecule has 0 aliphatic carbocycles. The Labute approximate surface area is 155 Å². The minimum atomic E-state index is -1.52. The molecule has 148 valence electrons. The van der Waals surface area contributed by atoms with Gasteiger partial charge in [-0.25, -0.2) is 0 Å². The van der Waals surface area contributed by atoms with E-state index in [9.17, 15) is 24.6 Å². The minimum absolute atomic E-state index is 0.185. The van der Waals surface area contributed by atoms with Gasteiger partial charge in [-0.1, -0.05) is 27.7 Å². The Bertz CT molecular complexity index is 565. The highest BCUT2D eigenvalue weighted by Gasteiger charge is 2.38. The monoisotopic (exact) mass is 368 g/mol. The molecule has 0 bridgehead atoms. The second-order valence-corrected chi connectivity index (χ2v) is 7.81. The average Bonchev–Trinajstić information content (AvgIpc) is 2.60. The third-order valence-corrected chi connectivity index (χ3v) is 5.40. The number of aliphatic hydroxyl groups is 2. The van der Waals surface area contributed by atoms with Gasteiger partial charge >= 0.3 is 5.97 Å². The Balaban J connectivity index is 3.27. The van der Waals surface area contributed by atoms with Gasteiger partial charge in [0.15, 0.2) is 11.6 Å². The number of carbonyl (C=O) groups is 3. The first-order chi connectivity index (χ1) is 11.9. The third-order valence-electron chi connectivity index (χ3n) is 5.40. The van der Waals surface area contributed by atoms with E-state index >= 15 is 0 Å². The Morgan fingerprint density at radius 2 is 1.77 bits per heavy atom. The summed E-state index contributed by atoms with van der Waals surface area (Å²) < 4.78 is 5.36. The Morgan fingerprint density at radius 3 is 2.31 bits per heavy atom. The highest BCUT2D eigenvalue weighted by molar-refractivity contribution is 6.00. The SMILES string of the molecule is CC[C@H]1OC(=O)[C@H](C)C(=O)[C@H](C)[C@H](O)[C@@H](C)C[C@H](C)C(=O)/C=C\[C@@]1(C)O. The number of cyclic esters (lactones) is 1. The lowest BCUT2D eigenvalue weighted by atomic mass is 9.81.